The minimum Gasteiger partial charge on any atom is -0.355 e. The number of nitrogens with one attached hydrogen (secondary N) is 1. The lowest BCUT2D eigenvalue weighted by atomic mass is 10.2. The van der Waals surface area contributed by atoms with Crippen molar-refractivity contribution in [3.8, 4) is 0 Å². The molecule has 0 spiro atoms. The summed E-state index contributed by atoms with van der Waals surface area (Å²) in [5.41, 5.74) is 0.332. The maximum absolute atomic E-state index is 8.01. The van der Waals surface area contributed by atoms with E-state index in [2.05, 4.69) is 0 Å². The van der Waals surface area contributed by atoms with Gasteiger partial charge in [0.15, 0.2) is 1.41 Å². The van der Waals surface area contributed by atoms with Crippen LogP contribution < -0.4 is 6.15 Å². The fourth-order valence-electron chi connectivity index (χ4n) is 1.36. The molecule has 0 amide bonds. The Morgan fingerprint density at radius 2 is 1.71 bits per heavy atom. The van der Waals surface area contributed by atoms with Gasteiger partial charge in [-0.1, -0.05) is 36.3 Å². The predicted molar refractivity (Wildman–Crippen MR) is 57.9 cm³/mol. The first-order chi connectivity index (χ1) is 9.36. The SMILES string of the molecule is [2H]c1ccc2c(c1[2H])c1c([2H])c([2H])c([2H])c([2H])c1n2[2H].[N]. The molecule has 0 unspecified atom stereocenters. The molecule has 0 aliphatic heterocycles. The van der Waals surface area contributed by atoms with E-state index in [-0.39, 0.29) is 46.6 Å². The van der Waals surface area contributed by atoms with Gasteiger partial charge in [-0.25, -0.2) is 0 Å². The number of nitrogens with zero attached hydrogens (tertiary/aromatic N) is 1. The first kappa shape index (κ1) is 3.75. The van der Waals surface area contributed by atoms with Crippen molar-refractivity contribution in [3.63, 3.8) is 0 Å². The number of benzene rings is 2. The molecule has 2 aromatic carbocycles. The van der Waals surface area contributed by atoms with Gasteiger partial charge in [0.1, 0.15) is 0 Å². The molecular weight excluding hydrogens is 172 g/mol. The molecule has 0 bridgehead atoms. The highest BCUT2D eigenvalue weighted by Crippen LogP contribution is 2.24. The average molecular weight is 188 g/mol. The van der Waals surface area contributed by atoms with E-state index in [1.165, 1.54) is 12.1 Å². The first-order valence-corrected chi connectivity index (χ1v) is 3.86. The minimum atomic E-state index is -0.406. The van der Waals surface area contributed by atoms with Gasteiger partial charge in [-0.2, -0.15) is 0 Å². The average Bonchev–Trinajstić information content (AvgIpc) is 2.72. The molecule has 0 fully saturated rings. The van der Waals surface area contributed by atoms with Crippen molar-refractivity contribution in [2.45, 2.75) is 0 Å². The van der Waals surface area contributed by atoms with Gasteiger partial charge in [-0.15, -0.1) is 0 Å². The zero-order valence-corrected chi connectivity index (χ0v) is 7.05. The smallest absolute Gasteiger partial charge is 0.167 e. The Kier molecular flexibility index (Phi) is 0.847. The molecule has 3 aromatic rings. The topological polar surface area (TPSA) is 46.3 Å². The fourth-order valence-corrected chi connectivity index (χ4v) is 1.36. The van der Waals surface area contributed by atoms with Gasteiger partial charge in [-0.05, 0) is 12.1 Å². The highest BCUT2D eigenvalue weighted by molar-refractivity contribution is 6.06. The fraction of sp³-hybridized carbons (Fsp3) is 0. The molecule has 0 atom stereocenters. The van der Waals surface area contributed by atoms with Crippen molar-refractivity contribution >= 4 is 21.8 Å². The third-order valence-corrected chi connectivity index (χ3v) is 1.93. The summed E-state index contributed by atoms with van der Waals surface area (Å²) in [5.74, 6) is 0. The van der Waals surface area contributed by atoms with Crippen LogP contribution in [0, 0.1) is 0 Å². The molecule has 0 saturated carbocycles. The summed E-state index contributed by atoms with van der Waals surface area (Å²) in [6.07, 6.45) is 0. The summed E-state index contributed by atoms with van der Waals surface area (Å²) in [7, 11) is 0. The molecule has 1 N–H and O–H groups in total. The molecule has 2 heteroatoms. The van der Waals surface area contributed by atoms with Crippen LogP contribution in [0.5, 0.6) is 0 Å². The van der Waals surface area contributed by atoms with E-state index in [9.17, 15) is 0 Å². The van der Waals surface area contributed by atoms with E-state index in [1.54, 1.807) is 0 Å². The van der Waals surface area contributed by atoms with Crippen LogP contribution >= 0.6 is 0 Å². The number of hydrogen-bond donors (Lipinski definition) is 1. The zero-order valence-electron chi connectivity index (χ0n) is 14.0. The van der Waals surface area contributed by atoms with Crippen LogP contribution in [0.4, 0.5) is 0 Å². The van der Waals surface area contributed by atoms with Gasteiger partial charge in [0.25, 0.3) is 0 Å². The molecule has 0 aliphatic carbocycles. The standard InChI is InChI=1S/C12H9N.N/c1-3-7-11-9(5-1)10-6-2-4-8-12(10)13-11;/h1-8,13H;/i1D,2D,3D,5D,6D,7D;/hD. The van der Waals surface area contributed by atoms with E-state index in [4.69, 9.17) is 9.64 Å². The number of para-hydroxylation sites is 2. The van der Waals surface area contributed by atoms with E-state index < -0.39 is 12.1 Å². The minimum absolute atomic E-state index is 0. The summed E-state index contributed by atoms with van der Waals surface area (Å²) in [4.78, 5) is 0.903. The van der Waals surface area contributed by atoms with Gasteiger partial charge in [0, 0.05) is 28.0 Å². The van der Waals surface area contributed by atoms with Gasteiger partial charge in [0.2, 0.25) is 0 Å². The predicted octanol–water partition coefficient (Wildman–Crippen LogP) is 2.84. The monoisotopic (exact) mass is 188 g/mol. The van der Waals surface area contributed by atoms with Crippen molar-refractivity contribution in [2.75, 3.05) is 0 Å². The molecule has 67 valence electrons. The molecule has 0 aliphatic rings. The molecule has 14 heavy (non-hydrogen) atoms. The first-order valence-electron chi connectivity index (χ1n) is 7.31. The lowest BCUT2D eigenvalue weighted by molar-refractivity contribution is 1.55. The van der Waals surface area contributed by atoms with Crippen molar-refractivity contribution in [1.29, 1.82) is 0 Å². The van der Waals surface area contributed by atoms with E-state index in [0.29, 0.717) is 5.52 Å². The van der Waals surface area contributed by atoms with Crippen LogP contribution in [0.3, 0.4) is 0 Å². The molecule has 1 heterocycles. The van der Waals surface area contributed by atoms with Crippen LogP contribution in [0.15, 0.2) is 48.4 Å². The van der Waals surface area contributed by atoms with Crippen molar-refractivity contribution < 1.29 is 9.64 Å². The maximum Gasteiger partial charge on any atom is 0.167 e. The third kappa shape index (κ3) is 1.09. The molecule has 3 radical (unpaired) electrons. The molecule has 2 nitrogen and oxygen atoms in total. The zero-order chi connectivity index (χ0) is 14.8. The summed E-state index contributed by atoms with van der Waals surface area (Å²) in [5, 5.41) is 0.342. The summed E-state index contributed by atoms with van der Waals surface area (Å²) >= 11 is 0. The second-order valence-corrected chi connectivity index (χ2v) is 2.70. The number of aromatic nitrogens is 1. The van der Waals surface area contributed by atoms with Crippen LogP contribution in [0.1, 0.15) is 8.22 Å². The van der Waals surface area contributed by atoms with Crippen molar-refractivity contribution in [3.05, 3.63) is 48.4 Å². The number of H-pyrrole nitrogens is 1. The second kappa shape index (κ2) is 3.16. The largest absolute Gasteiger partial charge is 0.355 e. The van der Waals surface area contributed by atoms with Gasteiger partial charge < -0.3 is 4.98 Å². The Morgan fingerprint density at radius 3 is 2.64 bits per heavy atom. The Labute approximate surface area is 92.0 Å². The number of aromatic amines is 1. The second-order valence-electron chi connectivity index (χ2n) is 2.70. The quantitative estimate of drug-likeness (QED) is 0.564. The van der Waals surface area contributed by atoms with Gasteiger partial charge in [0.05, 0.1) is 8.22 Å². The van der Waals surface area contributed by atoms with E-state index >= 15 is 0 Å². The lowest BCUT2D eigenvalue weighted by Gasteiger charge is -1.87. The lowest BCUT2D eigenvalue weighted by Crippen LogP contribution is -1.62. The number of fused-ring (bicyclic) bond motifs is 3. The molecule has 3 rings (SSSR count). The Hall–Kier alpha value is -1.80. The van der Waals surface area contributed by atoms with E-state index in [0.717, 1.165) is 4.98 Å². The van der Waals surface area contributed by atoms with Crippen LogP contribution in [-0.2, 0) is 0 Å². The van der Waals surface area contributed by atoms with Crippen LogP contribution in [-0.4, -0.2) is 4.98 Å². The van der Waals surface area contributed by atoms with Crippen molar-refractivity contribution in [2.24, 2.45) is 0 Å². The highest BCUT2D eigenvalue weighted by atomic mass is 14.7. The maximum atomic E-state index is 8.01. The van der Waals surface area contributed by atoms with Gasteiger partial charge in [-0.3, -0.25) is 0 Å². The van der Waals surface area contributed by atoms with Crippen molar-refractivity contribution in [1.82, 2.24) is 11.1 Å². The normalized spacial score (nSPS) is 17.3. The molecular formula is C12H9N2. The number of rotatable bonds is 0. The number of hydrogen-bond acceptors (Lipinski definition) is 0. The summed E-state index contributed by atoms with van der Waals surface area (Å²) in [6.45, 7) is 0. The van der Waals surface area contributed by atoms with Crippen LogP contribution in [0.25, 0.3) is 21.8 Å². The van der Waals surface area contributed by atoms with E-state index in [1.807, 2.05) is 0 Å². The Balaban J connectivity index is 0.00000161. The van der Waals surface area contributed by atoms with Gasteiger partial charge >= 0.3 is 0 Å². The Morgan fingerprint density at radius 1 is 1.00 bits per heavy atom. The molecule has 1 aromatic heterocycles. The summed E-state index contributed by atoms with van der Waals surface area (Å²) in [6, 6.07) is 1.29. The Bertz CT molecular complexity index is 885. The summed E-state index contributed by atoms with van der Waals surface area (Å²) < 4.78 is 54.8. The third-order valence-electron chi connectivity index (χ3n) is 1.93. The van der Waals surface area contributed by atoms with Crippen LogP contribution in [0.2, 0.25) is 1.41 Å². The highest BCUT2D eigenvalue weighted by Gasteiger charge is 2.00. The molecule has 0 saturated heterocycles.